The Bertz CT molecular complexity index is 2300. The molecule has 14 saturated carbocycles. The van der Waals surface area contributed by atoms with Gasteiger partial charge in [0, 0.05) is 11.8 Å². The lowest BCUT2D eigenvalue weighted by Crippen LogP contribution is -2.41. The van der Waals surface area contributed by atoms with Crippen LogP contribution in [0.25, 0.3) is 0 Å². The maximum atomic E-state index is 12.8. The first-order valence-corrected chi connectivity index (χ1v) is 29.0. The predicted molar refractivity (Wildman–Crippen MR) is 260 cm³/mol. The van der Waals surface area contributed by atoms with Crippen molar-refractivity contribution in [2.45, 2.75) is 110 Å². The number of rotatable bonds is 8. The van der Waals surface area contributed by atoms with Crippen molar-refractivity contribution in [3.63, 3.8) is 0 Å². The minimum absolute atomic E-state index is 0. The molecule has 0 aromatic carbocycles. The van der Waals surface area contributed by atoms with Gasteiger partial charge in [-0.25, -0.2) is 0 Å². The Hall–Kier alpha value is -3.29. The fraction of sp³-hybridized carbons (Fsp3) is 0.790. The van der Waals surface area contributed by atoms with E-state index in [0.717, 1.165) is 132 Å². The van der Waals surface area contributed by atoms with Crippen LogP contribution in [0, 0.1) is 171 Å². The second kappa shape index (κ2) is 15.9. The largest absolute Gasteiger partial charge is 0.465 e. The summed E-state index contributed by atoms with van der Waals surface area (Å²) in [4.78, 5) is 62.1. The van der Waals surface area contributed by atoms with E-state index in [4.69, 9.17) is 14.2 Å². The number of hydrogen-bond donors (Lipinski definition) is 0. The van der Waals surface area contributed by atoms with E-state index in [1.807, 2.05) is 0 Å². The molecular weight excluding hydrogens is 873 g/mol. The van der Waals surface area contributed by atoms with Crippen LogP contribution in [0.2, 0.25) is 0 Å². The van der Waals surface area contributed by atoms with E-state index in [2.05, 4.69) is 48.6 Å². The number of hydrogen-bond acceptors (Lipinski definition) is 8. The molecule has 8 heteroatoms. The molecule has 16 bridgehead atoms. The average molecular weight is 951 g/mol. The molecule has 0 saturated heterocycles. The van der Waals surface area contributed by atoms with E-state index in [9.17, 15) is 24.0 Å². The minimum atomic E-state index is -0.193. The zero-order chi connectivity index (χ0) is 45.8. The van der Waals surface area contributed by atoms with Gasteiger partial charge in [0.25, 0.3) is 0 Å². The Labute approximate surface area is 415 Å². The van der Waals surface area contributed by atoms with Gasteiger partial charge >= 0.3 is 17.9 Å². The SMILES string of the molecule is C.O=C(OCC1CC1)C1CC2CC1C1C3C=CC(C3)C21.O=C(OCCOC(=O)C1CC2CC1C1C3C=CC(C3)C21)C1CC2CC1C1C3C=CC(C3)C21.O=C1CC(=O)C2(C1)CC1CC2C2C3C=CC(C3)C12. The molecule has 0 radical (unpaired) electrons. The lowest BCUT2D eigenvalue weighted by atomic mass is 9.61. The number of ketones is 2. The van der Waals surface area contributed by atoms with Gasteiger partial charge in [0.05, 0.1) is 30.8 Å². The maximum Gasteiger partial charge on any atom is 0.309 e. The molecule has 0 aromatic rings. The van der Waals surface area contributed by atoms with E-state index in [1.165, 1.54) is 64.2 Å². The number of carbonyl (C=O) groups excluding carboxylic acids is 5. The topological polar surface area (TPSA) is 113 Å². The third kappa shape index (κ3) is 6.21. The molecule has 0 amide bonds. The van der Waals surface area contributed by atoms with E-state index >= 15 is 0 Å². The molecule has 374 valence electrons. The molecule has 18 rings (SSSR count). The molecule has 28 unspecified atom stereocenters. The van der Waals surface area contributed by atoms with Gasteiger partial charge in [-0.3, -0.25) is 24.0 Å². The smallest absolute Gasteiger partial charge is 0.309 e. The molecular formula is C62H78O8. The van der Waals surface area contributed by atoms with Crippen LogP contribution in [0.5, 0.6) is 0 Å². The highest BCUT2D eigenvalue weighted by atomic mass is 16.6. The number of ether oxygens (including phenoxy) is 3. The van der Waals surface area contributed by atoms with E-state index in [-0.39, 0.29) is 73.9 Å². The Balaban J connectivity index is 0.0000000998. The third-order valence-electron chi connectivity index (χ3n) is 25.4. The van der Waals surface area contributed by atoms with Crippen molar-refractivity contribution >= 4 is 29.5 Å². The summed E-state index contributed by atoms with van der Waals surface area (Å²) in [7, 11) is 0. The summed E-state index contributed by atoms with van der Waals surface area (Å²) in [6, 6.07) is 0. The van der Waals surface area contributed by atoms with Crippen LogP contribution in [-0.2, 0) is 38.2 Å². The fourth-order valence-electron chi connectivity index (χ4n) is 23.5. The molecule has 0 heterocycles. The Kier molecular flexibility index (Phi) is 10.0. The molecule has 8 nitrogen and oxygen atoms in total. The van der Waals surface area contributed by atoms with Crippen LogP contribution in [0.4, 0.5) is 0 Å². The van der Waals surface area contributed by atoms with Gasteiger partial charge in [0.15, 0.2) is 0 Å². The van der Waals surface area contributed by atoms with Gasteiger partial charge in [-0.2, -0.15) is 0 Å². The van der Waals surface area contributed by atoms with E-state index in [0.29, 0.717) is 60.2 Å². The second-order valence-corrected chi connectivity index (χ2v) is 27.6. The minimum Gasteiger partial charge on any atom is -0.465 e. The molecule has 18 aliphatic rings. The molecule has 70 heavy (non-hydrogen) atoms. The van der Waals surface area contributed by atoms with Crippen LogP contribution < -0.4 is 0 Å². The van der Waals surface area contributed by atoms with Crippen molar-refractivity contribution < 1.29 is 38.2 Å². The molecule has 18 aliphatic carbocycles. The van der Waals surface area contributed by atoms with Crippen molar-refractivity contribution in [3.8, 4) is 0 Å². The molecule has 1 spiro atoms. The summed E-state index contributed by atoms with van der Waals surface area (Å²) in [6.45, 7) is 1.14. The number of carbonyl (C=O) groups is 5. The first-order chi connectivity index (χ1) is 33.7. The highest BCUT2D eigenvalue weighted by Gasteiger charge is 2.70. The van der Waals surface area contributed by atoms with Crippen molar-refractivity contribution in [2.75, 3.05) is 19.8 Å². The zero-order valence-electron chi connectivity index (χ0n) is 40.5. The van der Waals surface area contributed by atoms with Crippen molar-refractivity contribution in [3.05, 3.63) is 48.6 Å². The van der Waals surface area contributed by atoms with Crippen LogP contribution in [0.3, 0.4) is 0 Å². The first-order valence-electron chi connectivity index (χ1n) is 29.0. The predicted octanol–water partition coefficient (Wildman–Crippen LogP) is 10.3. The number of fused-ring (bicyclic) bond motifs is 37. The van der Waals surface area contributed by atoms with Crippen molar-refractivity contribution in [1.29, 1.82) is 0 Å². The Morgan fingerprint density at radius 1 is 0.457 bits per heavy atom. The highest BCUT2D eigenvalue weighted by molar-refractivity contribution is 6.09. The van der Waals surface area contributed by atoms with Crippen LogP contribution in [0.15, 0.2) is 48.6 Å². The normalized spacial score (nSPS) is 55.3. The van der Waals surface area contributed by atoms with Crippen LogP contribution >= 0.6 is 0 Å². The summed E-state index contributed by atoms with van der Waals surface area (Å²) in [5.41, 5.74) is -0.193. The summed E-state index contributed by atoms with van der Waals surface area (Å²) in [5, 5.41) is 0. The monoisotopic (exact) mass is 951 g/mol. The zero-order valence-corrected chi connectivity index (χ0v) is 40.5. The summed E-state index contributed by atoms with van der Waals surface area (Å²) in [6.07, 6.45) is 37.4. The lowest BCUT2D eigenvalue weighted by molar-refractivity contribution is -0.160. The maximum absolute atomic E-state index is 12.8. The number of allylic oxidation sites excluding steroid dienone is 8. The number of esters is 3. The lowest BCUT2D eigenvalue weighted by Gasteiger charge is -2.42. The first kappa shape index (κ1) is 44.2. The molecule has 28 atom stereocenters. The summed E-state index contributed by atoms with van der Waals surface area (Å²) < 4.78 is 16.9. The van der Waals surface area contributed by atoms with Crippen LogP contribution in [-0.4, -0.2) is 49.3 Å². The number of Topliss-reactive ketones (excluding diaryl/α,β-unsaturated/α-hetero) is 2. The standard InChI is InChI=1S/C28H34O4.C17H22O2.C16H18O2.CH4/c29-27(21-11-17-9-19(21)25-15-3-1-13(7-15)23(17)25)31-5-6-32-28(30)22-12-18-10-20(22)26-16-4-2-14(8-16)24(18)26;18-17(19-8-9-1-2-9)14-7-12-6-13(14)16-11-4-3-10(5-11)15(12)16;17-11-5-13(18)16(7-11)6-10-4-12(16)15-9-2-1-8(3-9)14(10)15;/h1-4,13-26H,5-12H2;3-4,9-16H,1-2,5-8H2;1-2,8-10,12,14-15H,3-7H2;1H4. The van der Waals surface area contributed by atoms with Gasteiger partial charge in [0.2, 0.25) is 0 Å². The Morgan fingerprint density at radius 2 is 0.843 bits per heavy atom. The quantitative estimate of drug-likeness (QED) is 0.0591. The fourth-order valence-corrected chi connectivity index (χ4v) is 23.5. The molecule has 14 fully saturated rings. The van der Waals surface area contributed by atoms with E-state index in [1.54, 1.807) is 0 Å². The van der Waals surface area contributed by atoms with Gasteiger partial charge in [0.1, 0.15) is 24.8 Å². The highest BCUT2D eigenvalue weighted by Crippen LogP contribution is 2.73. The molecule has 0 aromatic heterocycles. The second-order valence-electron chi connectivity index (χ2n) is 27.6. The third-order valence-corrected chi connectivity index (χ3v) is 25.4. The molecule has 0 N–H and O–H groups in total. The molecule has 0 aliphatic heterocycles. The van der Waals surface area contributed by atoms with Gasteiger partial charge in [-0.1, -0.05) is 56.0 Å². The van der Waals surface area contributed by atoms with Crippen molar-refractivity contribution in [1.82, 2.24) is 0 Å². The van der Waals surface area contributed by atoms with Gasteiger partial charge in [-0.15, -0.1) is 0 Å². The summed E-state index contributed by atoms with van der Waals surface area (Å²) >= 11 is 0. The summed E-state index contributed by atoms with van der Waals surface area (Å²) in [5.74, 6) is 19.6. The van der Waals surface area contributed by atoms with Crippen molar-refractivity contribution in [2.24, 2.45) is 171 Å². The average Bonchev–Trinajstić information content (AvgIpc) is 4.21. The van der Waals surface area contributed by atoms with Gasteiger partial charge < -0.3 is 14.2 Å². The van der Waals surface area contributed by atoms with Gasteiger partial charge in [-0.05, 0) is 238 Å². The van der Waals surface area contributed by atoms with E-state index < -0.39 is 0 Å². The van der Waals surface area contributed by atoms with Crippen LogP contribution in [0.1, 0.15) is 110 Å². The Morgan fingerprint density at radius 3 is 1.24 bits per heavy atom.